The van der Waals surface area contributed by atoms with Gasteiger partial charge in [0.15, 0.2) is 0 Å². The van der Waals surface area contributed by atoms with Crippen LogP contribution in [0.25, 0.3) is 10.9 Å². The summed E-state index contributed by atoms with van der Waals surface area (Å²) in [6.45, 7) is 5.95. The van der Waals surface area contributed by atoms with Crippen molar-refractivity contribution in [2.45, 2.75) is 83.0 Å². The highest BCUT2D eigenvalue weighted by Gasteiger charge is 2.41. The fraction of sp³-hybridized carbons (Fsp3) is 0.708. The highest BCUT2D eigenvalue weighted by atomic mass is 19.3. The van der Waals surface area contributed by atoms with E-state index in [1.807, 2.05) is 4.68 Å². The molecule has 3 fully saturated rings. The van der Waals surface area contributed by atoms with Crippen LogP contribution in [0.2, 0.25) is 0 Å². The van der Waals surface area contributed by atoms with Gasteiger partial charge in [-0.05, 0) is 56.4 Å². The summed E-state index contributed by atoms with van der Waals surface area (Å²) in [6.07, 6.45) is 9.81. The zero-order chi connectivity index (χ0) is 20.9. The van der Waals surface area contributed by atoms with Crippen molar-refractivity contribution in [3.05, 3.63) is 30.0 Å². The molecule has 0 N–H and O–H groups in total. The molecule has 2 saturated heterocycles. The van der Waals surface area contributed by atoms with Gasteiger partial charge < -0.3 is 4.74 Å². The summed E-state index contributed by atoms with van der Waals surface area (Å²) in [7, 11) is 0. The Bertz CT molecular complexity index is 874. The third-order valence-electron chi connectivity index (χ3n) is 7.26. The van der Waals surface area contributed by atoms with Gasteiger partial charge in [0.2, 0.25) is 0 Å². The van der Waals surface area contributed by atoms with Crippen LogP contribution in [0.4, 0.5) is 8.78 Å². The fourth-order valence-corrected chi connectivity index (χ4v) is 5.42. The van der Waals surface area contributed by atoms with Crippen LogP contribution in [0.1, 0.15) is 57.9 Å². The molecule has 5 rings (SSSR count). The molecule has 3 heterocycles. The van der Waals surface area contributed by atoms with E-state index in [2.05, 4.69) is 16.9 Å². The number of fused-ring (bicyclic) bond motifs is 3. The van der Waals surface area contributed by atoms with Gasteiger partial charge in [-0.2, -0.15) is 5.10 Å². The minimum atomic E-state index is -2.83. The second-order valence-corrected chi connectivity index (χ2v) is 10.0. The van der Waals surface area contributed by atoms with Crippen LogP contribution in [-0.2, 0) is 17.2 Å². The van der Waals surface area contributed by atoms with Crippen LogP contribution in [-0.4, -0.2) is 46.0 Å². The van der Waals surface area contributed by atoms with E-state index in [-0.39, 0.29) is 5.56 Å². The van der Waals surface area contributed by atoms with E-state index in [0.29, 0.717) is 24.1 Å². The Morgan fingerprint density at radius 3 is 2.53 bits per heavy atom. The van der Waals surface area contributed by atoms with Gasteiger partial charge in [-0.25, -0.2) is 8.78 Å². The van der Waals surface area contributed by atoms with Crippen molar-refractivity contribution >= 4 is 10.9 Å². The van der Waals surface area contributed by atoms with Crippen LogP contribution in [0.5, 0.6) is 0 Å². The summed E-state index contributed by atoms with van der Waals surface area (Å²) in [5, 5.41) is 5.42. The molecule has 4 nitrogen and oxygen atoms in total. The first-order valence-corrected chi connectivity index (χ1v) is 11.6. The van der Waals surface area contributed by atoms with E-state index in [9.17, 15) is 8.78 Å². The van der Waals surface area contributed by atoms with Crippen molar-refractivity contribution in [1.82, 2.24) is 14.7 Å². The smallest absolute Gasteiger partial charge is 0.270 e. The van der Waals surface area contributed by atoms with E-state index in [4.69, 9.17) is 4.74 Å². The Morgan fingerprint density at radius 1 is 1.13 bits per heavy atom. The maximum absolute atomic E-state index is 13.8. The number of ether oxygens (including phenoxy) is 1. The first-order chi connectivity index (χ1) is 14.4. The monoisotopic (exact) mass is 417 g/mol. The molecular formula is C24H33F2N3O. The highest BCUT2D eigenvalue weighted by molar-refractivity contribution is 5.79. The van der Waals surface area contributed by atoms with Gasteiger partial charge in [-0.1, -0.05) is 19.1 Å². The van der Waals surface area contributed by atoms with E-state index in [1.54, 1.807) is 18.3 Å². The lowest BCUT2D eigenvalue weighted by molar-refractivity contribution is -0.0276. The van der Waals surface area contributed by atoms with E-state index < -0.39 is 5.92 Å². The summed E-state index contributed by atoms with van der Waals surface area (Å²) in [5.74, 6) is -1.59. The molecule has 4 atom stereocenters. The summed E-state index contributed by atoms with van der Waals surface area (Å²) in [5.41, 5.74) is 0.853. The van der Waals surface area contributed by atoms with Gasteiger partial charge in [0, 0.05) is 49.7 Å². The van der Waals surface area contributed by atoms with Crippen molar-refractivity contribution < 1.29 is 13.5 Å². The van der Waals surface area contributed by atoms with Gasteiger partial charge in [-0.3, -0.25) is 9.58 Å². The highest BCUT2D eigenvalue weighted by Crippen LogP contribution is 2.39. The second kappa shape index (κ2) is 7.86. The number of piperidine rings is 1. The molecule has 164 valence electrons. The van der Waals surface area contributed by atoms with Gasteiger partial charge in [0.1, 0.15) is 0 Å². The van der Waals surface area contributed by atoms with Gasteiger partial charge in [0.25, 0.3) is 5.92 Å². The molecule has 30 heavy (non-hydrogen) atoms. The first-order valence-electron chi connectivity index (χ1n) is 11.6. The van der Waals surface area contributed by atoms with Gasteiger partial charge in [-0.15, -0.1) is 0 Å². The zero-order valence-electron chi connectivity index (χ0n) is 18.1. The lowest BCUT2D eigenvalue weighted by Crippen LogP contribution is -2.47. The third kappa shape index (κ3) is 4.26. The Hall–Kier alpha value is -1.53. The van der Waals surface area contributed by atoms with Crippen molar-refractivity contribution in [2.24, 2.45) is 11.8 Å². The standard InChI is InChI=1S/C24H33F2N3O/c1-16(14-29-23-9-19(24(2,25)26)6-5-18(23)12-27-29)13-28-20-7-8-21(28)11-22(10-20)30-15-17-3-4-17/h5-6,9,12,16-17,20-22H,3-4,7-8,10-11,13-15H2,1-2H3/t16-,20-,21+,22?/m1/s1. The SMILES string of the molecule is C[C@H](CN1[C@@H]2CC[C@H]1CC(OCC1CC1)C2)Cn1ncc2ccc(C(C)(F)F)cc21. The molecule has 1 aliphatic carbocycles. The largest absolute Gasteiger partial charge is 0.378 e. The number of rotatable bonds is 8. The number of hydrogen-bond acceptors (Lipinski definition) is 3. The molecule has 0 radical (unpaired) electrons. The maximum atomic E-state index is 13.8. The van der Waals surface area contributed by atoms with Crippen molar-refractivity contribution in [3.8, 4) is 0 Å². The van der Waals surface area contributed by atoms with Crippen molar-refractivity contribution in [3.63, 3.8) is 0 Å². The predicted octanol–water partition coefficient (Wildman–Crippen LogP) is 5.21. The summed E-state index contributed by atoms with van der Waals surface area (Å²) >= 11 is 0. The molecule has 2 bridgehead atoms. The minimum Gasteiger partial charge on any atom is -0.378 e. The fourth-order valence-electron chi connectivity index (χ4n) is 5.42. The maximum Gasteiger partial charge on any atom is 0.270 e. The average molecular weight is 418 g/mol. The predicted molar refractivity (Wildman–Crippen MR) is 114 cm³/mol. The van der Waals surface area contributed by atoms with Crippen molar-refractivity contribution in [1.29, 1.82) is 0 Å². The molecule has 1 aromatic heterocycles. The quantitative estimate of drug-likeness (QED) is 0.591. The number of halogens is 2. The van der Waals surface area contributed by atoms with E-state index in [0.717, 1.165) is 56.3 Å². The number of hydrogen-bond donors (Lipinski definition) is 0. The third-order valence-corrected chi connectivity index (χ3v) is 7.26. The molecule has 2 aliphatic heterocycles. The summed E-state index contributed by atoms with van der Waals surface area (Å²) in [6, 6.07) is 6.13. The molecular weight excluding hydrogens is 384 g/mol. The van der Waals surface area contributed by atoms with Crippen LogP contribution >= 0.6 is 0 Å². The molecule has 2 aromatic rings. The van der Waals surface area contributed by atoms with Crippen molar-refractivity contribution in [2.75, 3.05) is 13.2 Å². The Balaban J connectivity index is 1.22. The van der Waals surface area contributed by atoms with Gasteiger partial charge in [0.05, 0.1) is 17.8 Å². The molecule has 6 heteroatoms. The number of benzene rings is 1. The molecule has 0 spiro atoms. The Kier molecular flexibility index (Phi) is 5.34. The average Bonchev–Trinajstić information content (AvgIpc) is 3.41. The molecule has 1 unspecified atom stereocenters. The van der Waals surface area contributed by atoms with E-state index >= 15 is 0 Å². The topological polar surface area (TPSA) is 30.3 Å². The normalized spacial score (nSPS) is 28.3. The lowest BCUT2D eigenvalue weighted by Gasteiger charge is -2.40. The Labute approximate surface area is 177 Å². The van der Waals surface area contributed by atoms with Crippen LogP contribution < -0.4 is 0 Å². The number of alkyl halides is 2. The molecule has 0 amide bonds. The Morgan fingerprint density at radius 2 is 1.87 bits per heavy atom. The zero-order valence-corrected chi connectivity index (χ0v) is 18.1. The summed E-state index contributed by atoms with van der Waals surface area (Å²) < 4.78 is 35.7. The molecule has 1 aromatic carbocycles. The molecule has 1 saturated carbocycles. The number of aromatic nitrogens is 2. The van der Waals surface area contributed by atoms with E-state index in [1.165, 1.54) is 31.7 Å². The summed E-state index contributed by atoms with van der Waals surface area (Å²) in [4.78, 5) is 2.69. The second-order valence-electron chi connectivity index (χ2n) is 10.0. The minimum absolute atomic E-state index is 0.0516. The van der Waals surface area contributed by atoms with Gasteiger partial charge >= 0.3 is 0 Å². The molecule has 3 aliphatic rings. The van der Waals surface area contributed by atoms with Crippen LogP contribution in [0.3, 0.4) is 0 Å². The number of nitrogens with zero attached hydrogens (tertiary/aromatic N) is 3. The lowest BCUT2D eigenvalue weighted by atomic mass is 9.98. The first kappa shape index (κ1) is 20.4. The van der Waals surface area contributed by atoms with Crippen LogP contribution in [0, 0.1) is 11.8 Å². The van der Waals surface area contributed by atoms with Crippen LogP contribution in [0.15, 0.2) is 24.4 Å².